The van der Waals surface area contributed by atoms with E-state index >= 15 is 0 Å². The van der Waals surface area contributed by atoms with Crippen molar-refractivity contribution in [3.63, 3.8) is 0 Å². The van der Waals surface area contributed by atoms with E-state index in [0.29, 0.717) is 10.6 Å². The number of halogens is 1. The van der Waals surface area contributed by atoms with Crippen LogP contribution in [0.2, 0.25) is 0 Å². The summed E-state index contributed by atoms with van der Waals surface area (Å²) in [5.74, 6) is -0.374. The molecule has 2 N–H and O–H groups in total. The molecule has 0 amide bonds. The molecule has 1 heterocycles. The number of benzene rings is 1. The molecule has 0 bridgehead atoms. The van der Waals surface area contributed by atoms with Gasteiger partial charge < -0.3 is 0 Å². The number of hydrogen-bond donors (Lipinski definition) is 2. The SMILES string of the molecule is ONc1ccc(Sc2ccncc2)c(F)c1. The van der Waals surface area contributed by atoms with Gasteiger partial charge in [0.25, 0.3) is 0 Å². The molecule has 1 aromatic carbocycles. The molecule has 0 fully saturated rings. The Morgan fingerprint density at radius 3 is 2.56 bits per heavy atom. The maximum absolute atomic E-state index is 13.5. The van der Waals surface area contributed by atoms with Gasteiger partial charge in [0.15, 0.2) is 0 Å². The predicted octanol–water partition coefficient (Wildman–Crippen LogP) is 3.17. The van der Waals surface area contributed by atoms with Crippen molar-refractivity contribution in [3.8, 4) is 0 Å². The van der Waals surface area contributed by atoms with Crippen molar-refractivity contribution < 1.29 is 9.60 Å². The van der Waals surface area contributed by atoms with Crippen LogP contribution in [0.15, 0.2) is 52.5 Å². The molecule has 0 saturated carbocycles. The molecule has 0 unspecified atom stereocenters. The number of aromatic nitrogens is 1. The summed E-state index contributed by atoms with van der Waals surface area (Å²) >= 11 is 1.31. The number of anilines is 1. The zero-order valence-electron chi connectivity index (χ0n) is 8.22. The molecule has 0 radical (unpaired) electrons. The van der Waals surface area contributed by atoms with Gasteiger partial charge in [-0.2, -0.15) is 0 Å². The van der Waals surface area contributed by atoms with Crippen molar-refractivity contribution in [2.45, 2.75) is 9.79 Å². The molecule has 1 aromatic heterocycles. The maximum atomic E-state index is 13.5. The van der Waals surface area contributed by atoms with Crippen molar-refractivity contribution in [1.82, 2.24) is 4.98 Å². The molecule has 0 aliphatic rings. The molecular weight excluding hydrogens is 227 g/mol. The Kier molecular flexibility index (Phi) is 3.38. The summed E-state index contributed by atoms with van der Waals surface area (Å²) in [6, 6.07) is 8.07. The van der Waals surface area contributed by atoms with Gasteiger partial charge >= 0.3 is 0 Å². The monoisotopic (exact) mass is 236 g/mol. The van der Waals surface area contributed by atoms with E-state index in [0.717, 1.165) is 4.90 Å². The van der Waals surface area contributed by atoms with Gasteiger partial charge in [-0.05, 0) is 24.3 Å². The Morgan fingerprint density at radius 1 is 1.19 bits per heavy atom. The first-order chi connectivity index (χ1) is 7.79. The Balaban J connectivity index is 2.22. The molecule has 2 aromatic rings. The highest BCUT2D eigenvalue weighted by molar-refractivity contribution is 7.99. The molecule has 82 valence electrons. The normalized spacial score (nSPS) is 10.1. The van der Waals surface area contributed by atoms with Crippen LogP contribution < -0.4 is 5.48 Å². The molecule has 0 atom stereocenters. The second-order valence-electron chi connectivity index (χ2n) is 3.04. The van der Waals surface area contributed by atoms with Crippen LogP contribution in [-0.2, 0) is 0 Å². The Labute approximate surface area is 96.3 Å². The second-order valence-corrected chi connectivity index (χ2v) is 4.16. The lowest BCUT2D eigenvalue weighted by atomic mass is 10.3. The van der Waals surface area contributed by atoms with Crippen LogP contribution in [0, 0.1) is 5.82 Å². The van der Waals surface area contributed by atoms with Crippen molar-refractivity contribution >= 4 is 17.4 Å². The second kappa shape index (κ2) is 4.96. The van der Waals surface area contributed by atoms with E-state index in [2.05, 4.69) is 4.98 Å². The predicted molar refractivity (Wildman–Crippen MR) is 60.2 cm³/mol. The number of nitrogens with zero attached hydrogens (tertiary/aromatic N) is 1. The third kappa shape index (κ3) is 2.50. The molecule has 0 spiro atoms. The van der Waals surface area contributed by atoms with E-state index in [1.165, 1.54) is 17.8 Å². The van der Waals surface area contributed by atoms with Gasteiger partial charge in [0.2, 0.25) is 0 Å². The molecule has 0 saturated heterocycles. The van der Waals surface area contributed by atoms with Crippen LogP contribution in [0.5, 0.6) is 0 Å². The molecule has 2 rings (SSSR count). The van der Waals surface area contributed by atoms with Crippen molar-refractivity contribution in [3.05, 3.63) is 48.5 Å². The number of rotatable bonds is 3. The molecular formula is C11H9FN2OS. The highest BCUT2D eigenvalue weighted by Gasteiger charge is 2.05. The van der Waals surface area contributed by atoms with Crippen LogP contribution in [0.1, 0.15) is 0 Å². The van der Waals surface area contributed by atoms with Crippen LogP contribution in [0.25, 0.3) is 0 Å². The van der Waals surface area contributed by atoms with Gasteiger partial charge in [-0.15, -0.1) is 0 Å². The highest BCUT2D eigenvalue weighted by Crippen LogP contribution is 2.30. The van der Waals surface area contributed by atoms with Gasteiger partial charge in [0.05, 0.1) is 5.69 Å². The number of pyridine rings is 1. The fourth-order valence-corrected chi connectivity index (χ4v) is 1.99. The van der Waals surface area contributed by atoms with Crippen molar-refractivity contribution in [2.24, 2.45) is 0 Å². The summed E-state index contributed by atoms with van der Waals surface area (Å²) in [4.78, 5) is 5.31. The maximum Gasteiger partial charge on any atom is 0.139 e. The molecule has 0 aliphatic heterocycles. The summed E-state index contributed by atoms with van der Waals surface area (Å²) in [5.41, 5.74) is 2.23. The minimum Gasteiger partial charge on any atom is -0.291 e. The quantitative estimate of drug-likeness (QED) is 0.803. The fourth-order valence-electron chi connectivity index (χ4n) is 1.19. The largest absolute Gasteiger partial charge is 0.291 e. The zero-order valence-corrected chi connectivity index (χ0v) is 9.04. The molecule has 0 aliphatic carbocycles. The Morgan fingerprint density at radius 2 is 1.94 bits per heavy atom. The number of hydrogen-bond acceptors (Lipinski definition) is 4. The summed E-state index contributed by atoms with van der Waals surface area (Å²) in [6.45, 7) is 0. The standard InChI is InChI=1S/C11H9FN2OS/c12-10-7-8(14-15)1-2-11(10)16-9-3-5-13-6-4-9/h1-7,14-15H. The van der Waals surface area contributed by atoms with Gasteiger partial charge in [-0.25, -0.2) is 4.39 Å². The number of nitrogens with one attached hydrogen (secondary N) is 1. The van der Waals surface area contributed by atoms with E-state index < -0.39 is 0 Å². The summed E-state index contributed by atoms with van der Waals surface area (Å²) in [7, 11) is 0. The van der Waals surface area contributed by atoms with Gasteiger partial charge in [0, 0.05) is 28.3 Å². The van der Waals surface area contributed by atoms with Gasteiger partial charge in [-0.3, -0.25) is 15.7 Å². The van der Waals surface area contributed by atoms with E-state index in [1.54, 1.807) is 24.5 Å². The van der Waals surface area contributed by atoms with Crippen LogP contribution >= 0.6 is 11.8 Å². The summed E-state index contributed by atoms with van der Waals surface area (Å²) in [5, 5.41) is 8.61. The van der Waals surface area contributed by atoms with Crippen LogP contribution in [0.4, 0.5) is 10.1 Å². The summed E-state index contributed by atoms with van der Waals surface area (Å²) < 4.78 is 13.5. The zero-order chi connectivity index (χ0) is 11.4. The van der Waals surface area contributed by atoms with E-state index in [1.807, 2.05) is 17.6 Å². The first kappa shape index (κ1) is 10.9. The lowest BCUT2D eigenvalue weighted by Crippen LogP contribution is -1.90. The lowest BCUT2D eigenvalue weighted by Gasteiger charge is -2.04. The average molecular weight is 236 g/mol. The Bertz CT molecular complexity index is 479. The van der Waals surface area contributed by atoms with E-state index in [4.69, 9.17) is 5.21 Å². The summed E-state index contributed by atoms with van der Waals surface area (Å²) in [6.07, 6.45) is 3.31. The molecule has 3 nitrogen and oxygen atoms in total. The van der Waals surface area contributed by atoms with Crippen LogP contribution in [0.3, 0.4) is 0 Å². The van der Waals surface area contributed by atoms with Gasteiger partial charge in [-0.1, -0.05) is 11.8 Å². The van der Waals surface area contributed by atoms with Crippen molar-refractivity contribution in [2.75, 3.05) is 5.48 Å². The average Bonchev–Trinajstić information content (AvgIpc) is 2.33. The van der Waals surface area contributed by atoms with E-state index in [9.17, 15) is 4.39 Å². The third-order valence-electron chi connectivity index (χ3n) is 1.94. The van der Waals surface area contributed by atoms with Gasteiger partial charge in [0.1, 0.15) is 5.82 Å². The minimum absolute atomic E-state index is 0.330. The first-order valence-electron chi connectivity index (χ1n) is 4.57. The topological polar surface area (TPSA) is 45.1 Å². The smallest absolute Gasteiger partial charge is 0.139 e. The van der Waals surface area contributed by atoms with E-state index in [-0.39, 0.29) is 5.82 Å². The third-order valence-corrected chi connectivity index (χ3v) is 3.00. The molecule has 16 heavy (non-hydrogen) atoms. The highest BCUT2D eigenvalue weighted by atomic mass is 32.2. The lowest BCUT2D eigenvalue weighted by molar-refractivity contribution is 0.388. The van der Waals surface area contributed by atoms with Crippen molar-refractivity contribution in [1.29, 1.82) is 0 Å². The fraction of sp³-hybridized carbons (Fsp3) is 0. The molecule has 5 heteroatoms. The Hall–Kier alpha value is -1.59. The minimum atomic E-state index is -0.374. The van der Waals surface area contributed by atoms with Crippen LogP contribution in [-0.4, -0.2) is 10.2 Å². The first-order valence-corrected chi connectivity index (χ1v) is 5.39.